The topological polar surface area (TPSA) is 97.9 Å². The van der Waals surface area contributed by atoms with E-state index in [2.05, 4.69) is 36.2 Å². The molecule has 0 spiro atoms. The number of pyridine rings is 1. The van der Waals surface area contributed by atoms with E-state index in [0.29, 0.717) is 18.9 Å². The molecule has 1 amide bonds. The Kier molecular flexibility index (Phi) is 6.32. The highest BCUT2D eigenvalue weighted by Gasteiger charge is 2.13. The van der Waals surface area contributed by atoms with Gasteiger partial charge in [-0.15, -0.1) is 0 Å². The van der Waals surface area contributed by atoms with Gasteiger partial charge in [-0.05, 0) is 24.3 Å². The second-order valence-electron chi connectivity index (χ2n) is 7.07. The molecule has 0 saturated heterocycles. The Morgan fingerprint density at radius 1 is 1.13 bits per heavy atom. The molecule has 0 atom stereocenters. The van der Waals surface area contributed by atoms with Crippen LogP contribution in [0.3, 0.4) is 0 Å². The van der Waals surface area contributed by atoms with Crippen molar-refractivity contribution in [2.45, 2.75) is 19.4 Å². The highest BCUT2D eigenvalue weighted by molar-refractivity contribution is 5.91. The van der Waals surface area contributed by atoms with Crippen LogP contribution in [-0.4, -0.2) is 38.5 Å². The van der Waals surface area contributed by atoms with Crippen LogP contribution >= 0.6 is 0 Å². The van der Waals surface area contributed by atoms with Gasteiger partial charge in [0.1, 0.15) is 17.9 Å². The maximum atomic E-state index is 13.6. The van der Waals surface area contributed by atoms with Crippen LogP contribution in [-0.2, 0) is 26.4 Å². The number of imidazole rings is 1. The lowest BCUT2D eigenvalue weighted by Crippen LogP contribution is -2.24. The number of halogens is 1. The molecule has 31 heavy (non-hydrogen) atoms. The Morgan fingerprint density at radius 2 is 1.97 bits per heavy atom. The van der Waals surface area contributed by atoms with Crippen LogP contribution in [0.25, 0.3) is 11.0 Å². The van der Waals surface area contributed by atoms with Crippen molar-refractivity contribution >= 4 is 16.9 Å². The molecule has 3 aromatic heterocycles. The minimum absolute atomic E-state index is 0.0164. The molecule has 4 aromatic rings. The van der Waals surface area contributed by atoms with Crippen LogP contribution in [0, 0.1) is 5.82 Å². The van der Waals surface area contributed by atoms with Crippen molar-refractivity contribution in [2.24, 2.45) is 7.05 Å². The summed E-state index contributed by atoms with van der Waals surface area (Å²) in [5.41, 5.74) is 2.45. The molecule has 2 N–H and O–H groups in total. The number of aromatic nitrogens is 4. The van der Waals surface area contributed by atoms with Crippen LogP contribution in [0.1, 0.15) is 27.9 Å². The number of benzene rings is 1. The standard InChI is InChI=1S/C22H23FN6O2/c1-29-19-7-3-2-6-16(19)27-20(29)8-11-24-12-9-21-28-18(14-31-21)22(30)26-13-17-15(23)5-4-10-25-17/h2-7,10,14,24H,8-9,11-13H2,1H3,(H,26,30). The Labute approximate surface area is 178 Å². The van der Waals surface area contributed by atoms with Crippen LogP contribution in [0.15, 0.2) is 53.3 Å². The van der Waals surface area contributed by atoms with Crippen LogP contribution in [0.4, 0.5) is 4.39 Å². The van der Waals surface area contributed by atoms with Gasteiger partial charge in [0.05, 0.1) is 23.3 Å². The van der Waals surface area contributed by atoms with E-state index in [9.17, 15) is 9.18 Å². The molecule has 0 aliphatic rings. The van der Waals surface area contributed by atoms with E-state index in [4.69, 9.17) is 4.42 Å². The zero-order valence-electron chi connectivity index (χ0n) is 17.1. The number of oxazole rings is 1. The number of amides is 1. The minimum Gasteiger partial charge on any atom is -0.448 e. The average Bonchev–Trinajstić information content (AvgIpc) is 3.38. The quantitative estimate of drug-likeness (QED) is 0.402. The van der Waals surface area contributed by atoms with Gasteiger partial charge < -0.3 is 19.6 Å². The zero-order valence-corrected chi connectivity index (χ0v) is 17.1. The van der Waals surface area contributed by atoms with E-state index in [1.807, 2.05) is 25.2 Å². The first-order valence-corrected chi connectivity index (χ1v) is 10.0. The highest BCUT2D eigenvalue weighted by atomic mass is 19.1. The number of rotatable bonds is 9. The summed E-state index contributed by atoms with van der Waals surface area (Å²) in [6.07, 6.45) is 4.13. The molecular formula is C22H23FN6O2. The maximum Gasteiger partial charge on any atom is 0.273 e. The van der Waals surface area contributed by atoms with Crippen LogP contribution in [0.5, 0.6) is 0 Å². The summed E-state index contributed by atoms with van der Waals surface area (Å²) in [5.74, 6) is 0.584. The number of para-hydroxylation sites is 2. The number of nitrogens with zero attached hydrogens (tertiary/aromatic N) is 4. The van der Waals surface area contributed by atoms with Gasteiger partial charge in [-0.1, -0.05) is 12.1 Å². The number of carbonyl (C=O) groups is 1. The predicted octanol–water partition coefficient (Wildman–Crippen LogP) is 2.40. The second kappa shape index (κ2) is 9.48. The molecule has 1 aromatic carbocycles. The van der Waals surface area contributed by atoms with Gasteiger partial charge in [-0.3, -0.25) is 9.78 Å². The van der Waals surface area contributed by atoms with Crippen molar-refractivity contribution in [2.75, 3.05) is 13.1 Å². The number of nitrogens with one attached hydrogen (secondary N) is 2. The monoisotopic (exact) mass is 422 g/mol. The third-order valence-electron chi connectivity index (χ3n) is 4.96. The molecule has 3 heterocycles. The molecule has 0 saturated carbocycles. The molecule has 0 aliphatic carbocycles. The largest absolute Gasteiger partial charge is 0.448 e. The fraction of sp³-hybridized carbons (Fsp3) is 0.273. The number of carbonyl (C=O) groups excluding carboxylic acids is 1. The molecular weight excluding hydrogens is 399 g/mol. The molecule has 0 aliphatic heterocycles. The third kappa shape index (κ3) is 4.95. The number of aryl methyl sites for hydroxylation is 1. The van der Waals surface area contributed by atoms with E-state index >= 15 is 0 Å². The Morgan fingerprint density at radius 3 is 2.81 bits per heavy atom. The van der Waals surface area contributed by atoms with E-state index in [1.165, 1.54) is 24.6 Å². The van der Waals surface area contributed by atoms with Crippen molar-refractivity contribution in [3.05, 3.63) is 77.8 Å². The summed E-state index contributed by atoms with van der Waals surface area (Å²) in [7, 11) is 2.02. The lowest BCUT2D eigenvalue weighted by molar-refractivity contribution is 0.0945. The van der Waals surface area contributed by atoms with Gasteiger partial charge in [0.25, 0.3) is 5.91 Å². The summed E-state index contributed by atoms with van der Waals surface area (Å²) >= 11 is 0. The second-order valence-corrected chi connectivity index (χ2v) is 7.07. The SMILES string of the molecule is Cn1c(CCNCCc2nc(C(=O)NCc3ncccc3F)co2)nc2ccccc21. The highest BCUT2D eigenvalue weighted by Crippen LogP contribution is 2.14. The fourth-order valence-electron chi connectivity index (χ4n) is 3.27. The van der Waals surface area contributed by atoms with Crippen molar-refractivity contribution in [3.63, 3.8) is 0 Å². The fourth-order valence-corrected chi connectivity index (χ4v) is 3.27. The van der Waals surface area contributed by atoms with Gasteiger partial charge >= 0.3 is 0 Å². The van der Waals surface area contributed by atoms with Crippen LogP contribution in [0.2, 0.25) is 0 Å². The van der Waals surface area contributed by atoms with Gasteiger partial charge in [0.15, 0.2) is 11.6 Å². The van der Waals surface area contributed by atoms with Crippen LogP contribution < -0.4 is 10.6 Å². The minimum atomic E-state index is -0.464. The smallest absolute Gasteiger partial charge is 0.273 e. The Hall–Kier alpha value is -3.59. The van der Waals surface area contributed by atoms with Gasteiger partial charge in [-0.2, -0.15) is 0 Å². The molecule has 8 nitrogen and oxygen atoms in total. The van der Waals surface area contributed by atoms with E-state index < -0.39 is 11.7 Å². The van der Waals surface area contributed by atoms with Gasteiger partial charge in [-0.25, -0.2) is 14.4 Å². The summed E-state index contributed by atoms with van der Waals surface area (Å²) < 4.78 is 21.0. The van der Waals surface area contributed by atoms with Gasteiger partial charge in [0, 0.05) is 39.2 Å². The average molecular weight is 422 g/mol. The summed E-state index contributed by atoms with van der Waals surface area (Å²) in [6, 6.07) is 10.9. The molecule has 0 fully saturated rings. The van der Waals surface area contributed by atoms with Crippen molar-refractivity contribution in [1.29, 1.82) is 0 Å². The first kappa shape index (κ1) is 20.7. The number of hydrogen-bond acceptors (Lipinski definition) is 6. The maximum absolute atomic E-state index is 13.6. The van der Waals surface area contributed by atoms with E-state index in [1.54, 1.807) is 0 Å². The van der Waals surface area contributed by atoms with Crippen molar-refractivity contribution in [3.8, 4) is 0 Å². The molecule has 9 heteroatoms. The first-order chi connectivity index (χ1) is 15.1. The summed E-state index contributed by atoms with van der Waals surface area (Å²) in [5, 5.41) is 5.93. The number of fused-ring (bicyclic) bond motifs is 1. The van der Waals surface area contributed by atoms with E-state index in [-0.39, 0.29) is 17.9 Å². The zero-order chi connectivity index (χ0) is 21.6. The summed E-state index contributed by atoms with van der Waals surface area (Å²) in [4.78, 5) is 24.9. The lowest BCUT2D eigenvalue weighted by Gasteiger charge is -2.04. The molecule has 160 valence electrons. The molecule has 0 bridgehead atoms. The van der Waals surface area contributed by atoms with Gasteiger partial charge in [0.2, 0.25) is 0 Å². The van der Waals surface area contributed by atoms with E-state index in [0.717, 1.165) is 29.8 Å². The lowest BCUT2D eigenvalue weighted by atomic mass is 10.3. The molecule has 0 radical (unpaired) electrons. The Bertz CT molecular complexity index is 1190. The Balaban J connectivity index is 1.20. The normalized spacial score (nSPS) is 11.2. The van der Waals surface area contributed by atoms with Crippen molar-refractivity contribution < 1.29 is 13.6 Å². The molecule has 0 unspecified atom stereocenters. The third-order valence-corrected chi connectivity index (χ3v) is 4.96. The summed E-state index contributed by atoms with van der Waals surface area (Å²) in [6.45, 7) is 1.41. The molecule has 4 rings (SSSR count). The van der Waals surface area contributed by atoms with Crippen molar-refractivity contribution in [1.82, 2.24) is 30.2 Å². The predicted molar refractivity (Wildman–Crippen MR) is 113 cm³/mol. The first-order valence-electron chi connectivity index (χ1n) is 10.0. The number of hydrogen-bond donors (Lipinski definition) is 2.